The lowest BCUT2D eigenvalue weighted by molar-refractivity contribution is 0.0682. The lowest BCUT2D eigenvalue weighted by atomic mass is 10.1. The molecule has 1 heterocycles. The van der Waals surface area contributed by atoms with E-state index in [0.29, 0.717) is 22.9 Å². The van der Waals surface area contributed by atoms with Crippen molar-refractivity contribution >= 4 is 17.6 Å². The highest BCUT2D eigenvalue weighted by molar-refractivity contribution is 6.30. The number of aromatic amines is 1. The normalized spacial score (nSPS) is 10.6. The highest BCUT2D eigenvalue weighted by Crippen LogP contribution is 2.26. The maximum absolute atomic E-state index is 11.1. The van der Waals surface area contributed by atoms with Crippen LogP contribution in [0.25, 0.3) is 11.3 Å². The average molecular weight is 281 g/mol. The number of carboxylic acids is 1. The molecule has 0 aliphatic heterocycles. The molecule has 0 amide bonds. The van der Waals surface area contributed by atoms with Crippen LogP contribution in [0.5, 0.6) is 0 Å². The van der Waals surface area contributed by atoms with Gasteiger partial charge in [-0.2, -0.15) is 5.10 Å². The fourth-order valence-corrected chi connectivity index (χ4v) is 1.86. The highest BCUT2D eigenvalue weighted by Gasteiger charge is 2.19. The minimum Gasteiger partial charge on any atom is -0.477 e. The van der Waals surface area contributed by atoms with Gasteiger partial charge in [-0.3, -0.25) is 5.10 Å². The van der Waals surface area contributed by atoms with E-state index in [0.717, 1.165) is 5.56 Å². The molecule has 0 aliphatic carbocycles. The Kier molecular flexibility index (Phi) is 4.19. The summed E-state index contributed by atoms with van der Waals surface area (Å²) in [4.78, 5) is 11.1. The number of aromatic nitrogens is 2. The van der Waals surface area contributed by atoms with Crippen LogP contribution in [0.4, 0.5) is 0 Å². The van der Waals surface area contributed by atoms with Crippen LogP contribution in [0.2, 0.25) is 5.02 Å². The predicted octanol–water partition coefficient (Wildman–Crippen LogP) is 2.96. The second-order valence-electron chi connectivity index (χ2n) is 3.87. The predicted molar refractivity (Wildman–Crippen MR) is 71.3 cm³/mol. The molecule has 6 heteroatoms. The molecular formula is C13H13ClN2O3. The number of hydrogen-bond acceptors (Lipinski definition) is 3. The number of carboxylic acid groups (broad SMARTS) is 1. The largest absolute Gasteiger partial charge is 0.477 e. The molecule has 100 valence electrons. The van der Waals surface area contributed by atoms with Gasteiger partial charge in [0.15, 0.2) is 0 Å². The number of nitrogens with zero attached hydrogens (tertiary/aromatic N) is 1. The topological polar surface area (TPSA) is 75.2 Å². The van der Waals surface area contributed by atoms with Crippen molar-refractivity contribution in [2.24, 2.45) is 0 Å². The summed E-state index contributed by atoms with van der Waals surface area (Å²) < 4.78 is 5.31. The van der Waals surface area contributed by atoms with Crippen molar-refractivity contribution in [2.45, 2.75) is 13.5 Å². The minimum absolute atomic E-state index is 0.0541. The van der Waals surface area contributed by atoms with Crippen molar-refractivity contribution < 1.29 is 14.6 Å². The van der Waals surface area contributed by atoms with Crippen LogP contribution in [0.1, 0.15) is 23.0 Å². The zero-order valence-corrected chi connectivity index (χ0v) is 11.1. The quantitative estimate of drug-likeness (QED) is 0.883. The Balaban J connectivity index is 2.44. The first-order valence-electron chi connectivity index (χ1n) is 5.77. The maximum Gasteiger partial charge on any atom is 0.354 e. The van der Waals surface area contributed by atoms with Crippen molar-refractivity contribution in [2.75, 3.05) is 6.61 Å². The summed E-state index contributed by atoms with van der Waals surface area (Å²) in [6.07, 6.45) is 0. The number of H-pyrrole nitrogens is 1. The van der Waals surface area contributed by atoms with Crippen LogP contribution in [-0.4, -0.2) is 27.9 Å². The van der Waals surface area contributed by atoms with Gasteiger partial charge >= 0.3 is 5.97 Å². The summed E-state index contributed by atoms with van der Waals surface area (Å²) in [5, 5.41) is 16.3. The van der Waals surface area contributed by atoms with Crippen LogP contribution < -0.4 is 0 Å². The van der Waals surface area contributed by atoms with Gasteiger partial charge in [-0.1, -0.05) is 23.7 Å². The molecule has 5 nitrogen and oxygen atoms in total. The third-order valence-electron chi connectivity index (χ3n) is 2.65. The Bertz CT molecular complexity index is 578. The van der Waals surface area contributed by atoms with Gasteiger partial charge in [-0.15, -0.1) is 0 Å². The molecule has 2 aromatic rings. The third-order valence-corrected chi connectivity index (χ3v) is 2.90. The fourth-order valence-electron chi connectivity index (χ4n) is 1.73. The highest BCUT2D eigenvalue weighted by atomic mass is 35.5. The summed E-state index contributed by atoms with van der Waals surface area (Å²) in [5.41, 5.74) is 1.96. The van der Waals surface area contributed by atoms with E-state index in [1.807, 2.05) is 6.92 Å². The third kappa shape index (κ3) is 2.94. The molecule has 1 aromatic heterocycles. The van der Waals surface area contributed by atoms with Gasteiger partial charge in [0, 0.05) is 22.8 Å². The summed E-state index contributed by atoms with van der Waals surface area (Å²) in [6.45, 7) is 2.55. The SMILES string of the molecule is CCOCc1c(-c2ccc(Cl)cc2)n[nH]c1C(=O)O. The number of carbonyl (C=O) groups is 1. The number of ether oxygens (including phenoxy) is 1. The molecule has 0 unspecified atom stereocenters. The van der Waals surface area contributed by atoms with E-state index in [1.165, 1.54) is 0 Å². The van der Waals surface area contributed by atoms with Crippen molar-refractivity contribution in [3.63, 3.8) is 0 Å². The lowest BCUT2D eigenvalue weighted by Gasteiger charge is -2.04. The molecule has 0 aliphatic rings. The number of hydrogen-bond donors (Lipinski definition) is 2. The Morgan fingerprint density at radius 2 is 2.11 bits per heavy atom. The molecule has 0 saturated heterocycles. The molecule has 0 saturated carbocycles. The first kappa shape index (κ1) is 13.6. The first-order chi connectivity index (χ1) is 9.13. The Morgan fingerprint density at radius 3 is 2.68 bits per heavy atom. The molecule has 0 bridgehead atoms. The van der Waals surface area contributed by atoms with E-state index in [1.54, 1.807) is 24.3 Å². The van der Waals surface area contributed by atoms with E-state index in [4.69, 9.17) is 21.4 Å². The van der Waals surface area contributed by atoms with Gasteiger partial charge < -0.3 is 9.84 Å². The van der Waals surface area contributed by atoms with Crippen molar-refractivity contribution in [1.29, 1.82) is 0 Å². The smallest absolute Gasteiger partial charge is 0.354 e. The molecule has 0 radical (unpaired) electrons. The molecule has 0 fully saturated rings. The Hall–Kier alpha value is -1.85. The molecule has 2 N–H and O–H groups in total. The summed E-state index contributed by atoms with van der Waals surface area (Å²) in [7, 11) is 0. The standard InChI is InChI=1S/C13H13ClN2O3/c1-2-19-7-10-11(15-16-12(10)13(17)18)8-3-5-9(14)6-4-8/h3-6H,2,7H2,1H3,(H,15,16)(H,17,18). The molecule has 0 atom stereocenters. The van der Waals surface area contributed by atoms with Gasteiger partial charge in [0.05, 0.1) is 12.3 Å². The number of aromatic carboxylic acids is 1. The number of nitrogens with one attached hydrogen (secondary N) is 1. The number of benzene rings is 1. The average Bonchev–Trinajstić information content (AvgIpc) is 2.81. The van der Waals surface area contributed by atoms with E-state index in [9.17, 15) is 4.79 Å². The Morgan fingerprint density at radius 1 is 1.42 bits per heavy atom. The van der Waals surface area contributed by atoms with E-state index in [-0.39, 0.29) is 12.3 Å². The second-order valence-corrected chi connectivity index (χ2v) is 4.31. The van der Waals surface area contributed by atoms with Crippen molar-refractivity contribution in [1.82, 2.24) is 10.2 Å². The summed E-state index contributed by atoms with van der Waals surface area (Å²) >= 11 is 5.83. The molecule has 19 heavy (non-hydrogen) atoms. The van der Waals surface area contributed by atoms with Gasteiger partial charge in [0.2, 0.25) is 0 Å². The molecule has 0 spiro atoms. The van der Waals surface area contributed by atoms with Crippen molar-refractivity contribution in [3.05, 3.63) is 40.5 Å². The maximum atomic E-state index is 11.1. The van der Waals surface area contributed by atoms with Gasteiger partial charge in [-0.05, 0) is 19.1 Å². The summed E-state index contributed by atoms with van der Waals surface area (Å²) in [5.74, 6) is -1.05. The molecule has 1 aromatic carbocycles. The van der Waals surface area contributed by atoms with Crippen LogP contribution in [0.3, 0.4) is 0 Å². The monoisotopic (exact) mass is 280 g/mol. The van der Waals surface area contributed by atoms with Crippen LogP contribution in [0.15, 0.2) is 24.3 Å². The minimum atomic E-state index is -1.05. The van der Waals surface area contributed by atoms with E-state index >= 15 is 0 Å². The molecular weight excluding hydrogens is 268 g/mol. The van der Waals surface area contributed by atoms with Crippen molar-refractivity contribution in [3.8, 4) is 11.3 Å². The van der Waals surface area contributed by atoms with Gasteiger partial charge in [0.25, 0.3) is 0 Å². The zero-order valence-electron chi connectivity index (χ0n) is 10.3. The number of halogens is 1. The van der Waals surface area contributed by atoms with Crippen LogP contribution in [-0.2, 0) is 11.3 Å². The Labute approximate surface area is 115 Å². The van der Waals surface area contributed by atoms with E-state index < -0.39 is 5.97 Å². The molecule has 2 rings (SSSR count). The number of rotatable bonds is 5. The van der Waals surface area contributed by atoms with E-state index in [2.05, 4.69) is 10.2 Å². The zero-order chi connectivity index (χ0) is 13.8. The summed E-state index contributed by atoms with van der Waals surface area (Å²) in [6, 6.07) is 7.05. The van der Waals surface area contributed by atoms with Crippen LogP contribution >= 0.6 is 11.6 Å². The van der Waals surface area contributed by atoms with Gasteiger partial charge in [0.1, 0.15) is 5.69 Å². The second kappa shape index (κ2) is 5.86. The van der Waals surface area contributed by atoms with Crippen LogP contribution in [0, 0.1) is 0 Å². The lowest BCUT2D eigenvalue weighted by Crippen LogP contribution is -2.03. The fraction of sp³-hybridized carbons (Fsp3) is 0.231. The van der Waals surface area contributed by atoms with Gasteiger partial charge in [-0.25, -0.2) is 4.79 Å². The first-order valence-corrected chi connectivity index (χ1v) is 6.15.